The van der Waals surface area contributed by atoms with Gasteiger partial charge in [-0.05, 0) is 52.9 Å². The molecule has 0 fully saturated rings. The number of benzene rings is 5. The van der Waals surface area contributed by atoms with E-state index in [9.17, 15) is 55.6 Å². The normalized spacial score (nSPS) is 15.8. The summed E-state index contributed by atoms with van der Waals surface area (Å²) in [5, 5.41) is 36.9. The Morgan fingerprint density at radius 2 is 0.684 bits per heavy atom. The van der Waals surface area contributed by atoms with Crippen LogP contribution in [0.25, 0.3) is 10.8 Å². The molecule has 2 bridgehead atoms. The predicted octanol–water partition coefficient (Wildman–Crippen LogP) is 5.43. The van der Waals surface area contributed by atoms with Gasteiger partial charge in [0.25, 0.3) is 17.1 Å². The van der Waals surface area contributed by atoms with E-state index >= 15 is 0 Å². The van der Waals surface area contributed by atoms with Crippen LogP contribution in [0.15, 0.2) is 124 Å². The molecule has 0 amide bonds. The fourth-order valence-electron chi connectivity index (χ4n) is 6.74. The molecule has 5 aromatic carbocycles. The molecule has 0 atom stereocenters. The van der Waals surface area contributed by atoms with Crippen molar-refractivity contribution in [1.82, 2.24) is 12.9 Å². The van der Waals surface area contributed by atoms with Crippen LogP contribution in [0.2, 0.25) is 0 Å². The number of fused-ring (bicyclic) bond motifs is 11. The quantitative estimate of drug-likeness (QED) is 0.133. The topological polar surface area (TPSA) is 242 Å². The maximum absolute atomic E-state index is 14.3. The number of nitro benzene ring substituents is 3. The summed E-state index contributed by atoms with van der Waals surface area (Å²) in [6.07, 6.45) is -0.401. The van der Waals surface area contributed by atoms with E-state index in [1.54, 1.807) is 36.4 Å². The van der Waals surface area contributed by atoms with Crippen LogP contribution >= 0.6 is 0 Å². The second-order valence-electron chi connectivity index (χ2n) is 12.9. The highest BCUT2D eigenvalue weighted by molar-refractivity contribution is 7.89. The molecule has 0 aliphatic carbocycles. The Labute approximate surface area is 327 Å². The van der Waals surface area contributed by atoms with Gasteiger partial charge in [-0.3, -0.25) is 30.3 Å². The molecule has 5 aromatic rings. The van der Waals surface area contributed by atoms with Crippen molar-refractivity contribution < 1.29 is 40.0 Å². The molecule has 18 nitrogen and oxygen atoms in total. The van der Waals surface area contributed by atoms with E-state index in [0.717, 1.165) is 49.3 Å². The van der Waals surface area contributed by atoms with Crippen LogP contribution in [-0.4, -0.2) is 79.1 Å². The zero-order valence-electron chi connectivity index (χ0n) is 29.9. The van der Waals surface area contributed by atoms with Crippen LogP contribution in [-0.2, 0) is 43.2 Å². The van der Waals surface area contributed by atoms with Crippen LogP contribution in [0, 0.1) is 30.3 Å². The molecule has 2 heterocycles. The molecule has 21 heteroatoms. The van der Waals surface area contributed by atoms with Gasteiger partial charge in [-0.2, -0.15) is 12.9 Å². The van der Waals surface area contributed by atoms with Crippen molar-refractivity contribution in [1.29, 1.82) is 0 Å². The third-order valence-corrected chi connectivity index (χ3v) is 15.2. The van der Waals surface area contributed by atoms with Gasteiger partial charge in [0.05, 0.1) is 14.8 Å². The minimum atomic E-state index is -4.69. The molecule has 298 valence electrons. The van der Waals surface area contributed by atoms with Crippen LogP contribution in [0.5, 0.6) is 0 Å². The van der Waals surface area contributed by atoms with Gasteiger partial charge in [-0.1, -0.05) is 72.8 Å². The summed E-state index contributed by atoms with van der Waals surface area (Å²) in [5.41, 5.74) is -1.20. The SMILES string of the molecule is O=[N+]([O-])c1ccccc1S(=O)(=O)N1CCCN(S(=O)(=O)c2ccccc2[N+](=O)[O-])Cc2ccc(c3ccccc23)CN(S(=O)(=O)c2ccccc2[N+](=O)[O-])CCC1. The zero-order valence-corrected chi connectivity index (χ0v) is 32.3. The second kappa shape index (κ2) is 16.4. The highest BCUT2D eigenvalue weighted by Gasteiger charge is 2.36. The van der Waals surface area contributed by atoms with Crippen molar-refractivity contribution in [3.8, 4) is 0 Å². The van der Waals surface area contributed by atoms with Crippen molar-refractivity contribution in [2.45, 2.75) is 40.6 Å². The maximum atomic E-state index is 14.3. The fourth-order valence-corrected chi connectivity index (χ4v) is 11.6. The van der Waals surface area contributed by atoms with Gasteiger partial charge in [0.15, 0.2) is 14.7 Å². The summed E-state index contributed by atoms with van der Waals surface area (Å²) < 4.78 is 88.6. The van der Waals surface area contributed by atoms with Crippen molar-refractivity contribution in [3.63, 3.8) is 0 Å². The average Bonchev–Trinajstić information content (AvgIpc) is 3.20. The summed E-state index contributed by atoms with van der Waals surface area (Å²) in [7, 11) is -14.0. The molecule has 0 saturated heterocycles. The number of hydrogen-bond acceptors (Lipinski definition) is 12. The predicted molar refractivity (Wildman–Crippen MR) is 206 cm³/mol. The van der Waals surface area contributed by atoms with Gasteiger partial charge in [-0.15, -0.1) is 0 Å². The molecule has 0 spiro atoms. The minimum absolute atomic E-state index is 0.200. The van der Waals surface area contributed by atoms with Crippen LogP contribution in [0.1, 0.15) is 24.0 Å². The number of hydrogen-bond donors (Lipinski definition) is 0. The first-order valence-corrected chi connectivity index (χ1v) is 21.6. The maximum Gasteiger partial charge on any atom is 0.289 e. The van der Waals surface area contributed by atoms with Crippen molar-refractivity contribution in [3.05, 3.63) is 151 Å². The van der Waals surface area contributed by atoms with Gasteiger partial charge in [-0.25, -0.2) is 25.3 Å². The van der Waals surface area contributed by atoms with Crippen LogP contribution in [0.3, 0.4) is 0 Å². The fraction of sp³-hybridized carbons (Fsp3) is 0.222. The minimum Gasteiger partial charge on any atom is -0.258 e. The average molecular weight is 839 g/mol. The van der Waals surface area contributed by atoms with Gasteiger partial charge < -0.3 is 0 Å². The van der Waals surface area contributed by atoms with Crippen LogP contribution in [0.4, 0.5) is 17.1 Å². The molecule has 0 saturated carbocycles. The third kappa shape index (κ3) is 8.24. The number of sulfonamides is 3. The Hall–Kier alpha value is -5.71. The summed E-state index contributed by atoms with van der Waals surface area (Å²) >= 11 is 0. The number of nitrogens with zero attached hydrogens (tertiary/aromatic N) is 6. The molecule has 0 unspecified atom stereocenters. The molecule has 0 radical (unpaired) electrons. The number of nitro groups is 3. The van der Waals surface area contributed by atoms with Crippen LogP contribution < -0.4 is 0 Å². The standard InChI is InChI=1S/C36H34N6O12S3/c43-40(44)31-13-3-6-16-34(31)55(49,50)37-21-9-23-38(56(51,52)35-17-7-4-14-32(35)41(45)46)25-27-19-20-28(30-12-2-1-11-29(27)30)26-39(24-10-22-37)57(53,54)36-18-8-5-15-33(36)42(47)48/h1-8,11-20H,9-10,21-26H2. The molecule has 7 rings (SSSR count). The van der Waals surface area contributed by atoms with E-state index in [-0.39, 0.29) is 39.0 Å². The number of rotatable bonds is 9. The van der Waals surface area contributed by atoms with Gasteiger partial charge in [0.1, 0.15) is 0 Å². The Bertz CT molecular complexity index is 2590. The smallest absolute Gasteiger partial charge is 0.258 e. The lowest BCUT2D eigenvalue weighted by Gasteiger charge is -2.26. The molecule has 2 aliphatic rings. The first-order chi connectivity index (χ1) is 27.0. The van der Waals surface area contributed by atoms with E-state index in [2.05, 4.69) is 0 Å². The highest BCUT2D eigenvalue weighted by Crippen LogP contribution is 2.34. The van der Waals surface area contributed by atoms with Crippen molar-refractivity contribution >= 4 is 57.9 Å². The first kappa shape index (κ1) is 40.9. The van der Waals surface area contributed by atoms with E-state index < -0.39 is 89.7 Å². The van der Waals surface area contributed by atoms with Gasteiger partial charge in [0, 0.05) is 57.5 Å². The molecule has 2 aliphatic heterocycles. The van der Waals surface area contributed by atoms with Gasteiger partial charge >= 0.3 is 0 Å². The van der Waals surface area contributed by atoms with E-state index in [1.165, 1.54) is 36.4 Å². The summed E-state index contributed by atoms with van der Waals surface area (Å²) in [6.45, 7) is -2.22. The summed E-state index contributed by atoms with van der Waals surface area (Å²) in [6, 6.07) is 24.2. The largest absolute Gasteiger partial charge is 0.289 e. The summed E-state index contributed by atoms with van der Waals surface area (Å²) in [5.74, 6) is 0. The Morgan fingerprint density at radius 1 is 0.404 bits per heavy atom. The van der Waals surface area contributed by atoms with E-state index in [1.807, 2.05) is 0 Å². The van der Waals surface area contributed by atoms with E-state index in [4.69, 9.17) is 0 Å². The Morgan fingerprint density at radius 3 is 1.02 bits per heavy atom. The monoisotopic (exact) mass is 838 g/mol. The van der Waals surface area contributed by atoms with Gasteiger partial charge in [0.2, 0.25) is 30.1 Å². The second-order valence-corrected chi connectivity index (χ2v) is 18.6. The lowest BCUT2D eigenvalue weighted by atomic mass is 9.99. The van der Waals surface area contributed by atoms with E-state index in [0.29, 0.717) is 21.9 Å². The highest BCUT2D eigenvalue weighted by atomic mass is 32.2. The molecule has 0 N–H and O–H groups in total. The number of para-hydroxylation sites is 3. The Kier molecular flexibility index (Phi) is 11.8. The zero-order chi connectivity index (χ0) is 41.1. The molecule has 0 aromatic heterocycles. The Balaban J connectivity index is 1.52. The molecular formula is C36H34N6O12S3. The van der Waals surface area contributed by atoms with Crippen molar-refractivity contribution in [2.24, 2.45) is 0 Å². The first-order valence-electron chi connectivity index (χ1n) is 17.3. The lowest BCUT2D eigenvalue weighted by molar-refractivity contribution is -0.388. The lowest BCUT2D eigenvalue weighted by Crippen LogP contribution is -2.38. The van der Waals surface area contributed by atoms with Crippen molar-refractivity contribution in [2.75, 3.05) is 26.2 Å². The summed E-state index contributed by atoms with van der Waals surface area (Å²) in [4.78, 5) is 31.5. The third-order valence-electron chi connectivity index (χ3n) is 9.47. The molecule has 57 heavy (non-hydrogen) atoms. The molecular weight excluding hydrogens is 805 g/mol.